The molecule has 2 heterocycles. The summed E-state index contributed by atoms with van der Waals surface area (Å²) in [7, 11) is 2.04. The van der Waals surface area contributed by atoms with Crippen molar-refractivity contribution in [2.24, 2.45) is 0 Å². The molecule has 7 heteroatoms. The maximum atomic E-state index is 12.1. The van der Waals surface area contributed by atoms with E-state index in [0.29, 0.717) is 11.4 Å². The summed E-state index contributed by atoms with van der Waals surface area (Å²) in [5.74, 6) is -0.654. The molecule has 1 aliphatic rings. The molecule has 0 bridgehead atoms. The number of hydrogen-bond donors (Lipinski definition) is 2. The second kappa shape index (κ2) is 8.21. The van der Waals surface area contributed by atoms with E-state index >= 15 is 0 Å². The number of pyridine rings is 1. The van der Waals surface area contributed by atoms with Crippen molar-refractivity contribution in [1.29, 1.82) is 0 Å². The largest absolute Gasteiger partial charge is 0.337 e. The molecule has 2 rings (SSSR count). The van der Waals surface area contributed by atoms with Gasteiger partial charge in [0.25, 0.3) is 5.91 Å². The third kappa shape index (κ3) is 5.32. The standard InChI is InChI=1S/C16H20N4O3/c1-19-9-11-20(12-10-19)16(22)8-6-14-4-2-3-13(17-14)5-7-15(21)18-23/h2-8,23H,9-12H2,1H3,(H,18,21). The predicted molar refractivity (Wildman–Crippen MR) is 86.3 cm³/mol. The van der Waals surface area contributed by atoms with Gasteiger partial charge in [-0.25, -0.2) is 10.5 Å². The molecule has 0 radical (unpaired) electrons. The highest BCUT2D eigenvalue weighted by Crippen LogP contribution is 2.05. The van der Waals surface area contributed by atoms with E-state index in [1.165, 1.54) is 23.7 Å². The molecule has 0 unspecified atom stereocenters. The summed E-state index contributed by atoms with van der Waals surface area (Å²) >= 11 is 0. The number of amides is 2. The Labute approximate surface area is 134 Å². The lowest BCUT2D eigenvalue weighted by Crippen LogP contribution is -2.46. The van der Waals surface area contributed by atoms with Gasteiger partial charge in [0.05, 0.1) is 11.4 Å². The number of nitrogens with one attached hydrogen (secondary N) is 1. The minimum atomic E-state index is -0.627. The van der Waals surface area contributed by atoms with Crippen LogP contribution in [0.3, 0.4) is 0 Å². The normalized spacial score (nSPS) is 16.2. The highest BCUT2D eigenvalue weighted by Gasteiger charge is 2.16. The second-order valence-corrected chi connectivity index (χ2v) is 5.26. The summed E-state index contributed by atoms with van der Waals surface area (Å²) in [5, 5.41) is 8.43. The number of piperazine rings is 1. The Balaban J connectivity index is 1.98. The average molecular weight is 316 g/mol. The summed E-state index contributed by atoms with van der Waals surface area (Å²) in [4.78, 5) is 31.3. The van der Waals surface area contributed by atoms with E-state index in [-0.39, 0.29) is 5.91 Å². The molecule has 2 amide bonds. The van der Waals surface area contributed by atoms with Crippen LogP contribution < -0.4 is 5.48 Å². The number of hydroxylamine groups is 1. The molecule has 2 N–H and O–H groups in total. The number of carbonyl (C=O) groups is 2. The molecular formula is C16H20N4O3. The first-order chi connectivity index (χ1) is 11.1. The fraction of sp³-hybridized carbons (Fsp3) is 0.312. The van der Waals surface area contributed by atoms with Gasteiger partial charge in [-0.3, -0.25) is 14.8 Å². The topological polar surface area (TPSA) is 85.8 Å². The van der Waals surface area contributed by atoms with Gasteiger partial charge in [0.2, 0.25) is 5.91 Å². The van der Waals surface area contributed by atoms with Crippen molar-refractivity contribution in [3.05, 3.63) is 41.7 Å². The zero-order chi connectivity index (χ0) is 16.7. The Morgan fingerprint density at radius 2 is 1.74 bits per heavy atom. The SMILES string of the molecule is CN1CCN(C(=O)C=Cc2cccc(C=CC(=O)NO)n2)CC1. The van der Waals surface area contributed by atoms with Crippen LogP contribution in [-0.4, -0.2) is 65.0 Å². The summed E-state index contributed by atoms with van der Waals surface area (Å²) in [6.07, 6.45) is 5.82. The molecule has 7 nitrogen and oxygen atoms in total. The fourth-order valence-electron chi connectivity index (χ4n) is 2.14. The molecule has 0 aromatic carbocycles. The molecule has 1 aromatic rings. The summed E-state index contributed by atoms with van der Waals surface area (Å²) < 4.78 is 0. The van der Waals surface area contributed by atoms with E-state index in [1.54, 1.807) is 24.3 Å². The summed E-state index contributed by atoms with van der Waals surface area (Å²) in [5.41, 5.74) is 2.69. The van der Waals surface area contributed by atoms with Crippen LogP contribution in [-0.2, 0) is 9.59 Å². The lowest BCUT2D eigenvalue weighted by Gasteiger charge is -2.31. The molecule has 0 atom stereocenters. The Hall–Kier alpha value is -2.51. The van der Waals surface area contributed by atoms with E-state index in [9.17, 15) is 9.59 Å². The molecular weight excluding hydrogens is 296 g/mol. The monoisotopic (exact) mass is 316 g/mol. The van der Waals surface area contributed by atoms with Crippen LogP contribution in [0.1, 0.15) is 11.4 Å². The highest BCUT2D eigenvalue weighted by molar-refractivity contribution is 5.92. The number of hydrogen-bond acceptors (Lipinski definition) is 5. The fourth-order valence-corrected chi connectivity index (χ4v) is 2.14. The van der Waals surface area contributed by atoms with Crippen molar-refractivity contribution in [2.45, 2.75) is 0 Å². The van der Waals surface area contributed by atoms with Crippen LogP contribution in [0.4, 0.5) is 0 Å². The number of carbonyl (C=O) groups excluding carboxylic acids is 2. The summed E-state index contributed by atoms with van der Waals surface area (Å²) in [6, 6.07) is 5.28. The number of likely N-dealkylation sites (N-methyl/N-ethyl adjacent to an activating group) is 1. The van der Waals surface area contributed by atoms with Crippen LogP contribution in [0.5, 0.6) is 0 Å². The first-order valence-electron chi connectivity index (χ1n) is 7.33. The zero-order valence-electron chi connectivity index (χ0n) is 13.0. The van der Waals surface area contributed by atoms with Crippen molar-refractivity contribution in [3.63, 3.8) is 0 Å². The molecule has 1 saturated heterocycles. The van der Waals surface area contributed by atoms with Crippen molar-refractivity contribution < 1.29 is 14.8 Å². The maximum absolute atomic E-state index is 12.1. The lowest BCUT2D eigenvalue weighted by molar-refractivity contribution is -0.127. The van der Waals surface area contributed by atoms with E-state index in [0.717, 1.165) is 26.2 Å². The molecule has 1 aliphatic heterocycles. The number of rotatable bonds is 4. The lowest BCUT2D eigenvalue weighted by atomic mass is 10.2. The Kier molecular flexibility index (Phi) is 6.02. The van der Waals surface area contributed by atoms with Crippen molar-refractivity contribution in [2.75, 3.05) is 33.2 Å². The Morgan fingerprint density at radius 3 is 2.35 bits per heavy atom. The first-order valence-corrected chi connectivity index (χ1v) is 7.33. The van der Waals surface area contributed by atoms with Crippen LogP contribution in [0.15, 0.2) is 30.4 Å². The van der Waals surface area contributed by atoms with Crippen LogP contribution in [0, 0.1) is 0 Å². The predicted octanol–water partition coefficient (Wildman–Crippen LogP) is 0.387. The minimum absolute atomic E-state index is 0.0273. The van der Waals surface area contributed by atoms with Crippen LogP contribution >= 0.6 is 0 Å². The van der Waals surface area contributed by atoms with E-state index in [1.807, 2.05) is 11.9 Å². The maximum Gasteiger partial charge on any atom is 0.267 e. The molecule has 1 aromatic heterocycles. The van der Waals surface area contributed by atoms with Gasteiger partial charge in [0, 0.05) is 38.3 Å². The Morgan fingerprint density at radius 1 is 1.13 bits per heavy atom. The van der Waals surface area contributed by atoms with Crippen molar-refractivity contribution in [3.8, 4) is 0 Å². The smallest absolute Gasteiger partial charge is 0.267 e. The van der Waals surface area contributed by atoms with E-state index < -0.39 is 5.91 Å². The second-order valence-electron chi connectivity index (χ2n) is 5.26. The Bertz CT molecular complexity index is 620. The molecule has 1 fully saturated rings. The molecule has 0 saturated carbocycles. The van der Waals surface area contributed by atoms with Gasteiger partial charge in [-0.2, -0.15) is 0 Å². The van der Waals surface area contributed by atoms with Gasteiger partial charge in [-0.05, 0) is 31.3 Å². The van der Waals surface area contributed by atoms with Crippen LogP contribution in [0.25, 0.3) is 12.2 Å². The van der Waals surface area contributed by atoms with Gasteiger partial charge < -0.3 is 9.80 Å². The van der Waals surface area contributed by atoms with Gasteiger partial charge in [0.15, 0.2) is 0 Å². The third-order valence-corrected chi connectivity index (χ3v) is 3.52. The third-order valence-electron chi connectivity index (χ3n) is 3.52. The quantitative estimate of drug-likeness (QED) is 0.477. The van der Waals surface area contributed by atoms with E-state index in [2.05, 4.69) is 9.88 Å². The van der Waals surface area contributed by atoms with Gasteiger partial charge in [0.1, 0.15) is 0 Å². The number of nitrogens with zero attached hydrogens (tertiary/aromatic N) is 3. The van der Waals surface area contributed by atoms with E-state index in [4.69, 9.17) is 5.21 Å². The van der Waals surface area contributed by atoms with Gasteiger partial charge >= 0.3 is 0 Å². The number of aromatic nitrogens is 1. The van der Waals surface area contributed by atoms with Crippen molar-refractivity contribution >= 4 is 24.0 Å². The van der Waals surface area contributed by atoms with Gasteiger partial charge in [-0.1, -0.05) is 6.07 Å². The molecule has 23 heavy (non-hydrogen) atoms. The average Bonchev–Trinajstić information content (AvgIpc) is 2.58. The summed E-state index contributed by atoms with van der Waals surface area (Å²) in [6.45, 7) is 3.22. The molecule has 0 aliphatic carbocycles. The minimum Gasteiger partial charge on any atom is -0.337 e. The first kappa shape index (κ1) is 16.9. The van der Waals surface area contributed by atoms with Crippen molar-refractivity contribution in [1.82, 2.24) is 20.3 Å². The zero-order valence-corrected chi connectivity index (χ0v) is 13.0. The van der Waals surface area contributed by atoms with Crippen LogP contribution in [0.2, 0.25) is 0 Å². The molecule has 0 spiro atoms. The highest BCUT2D eigenvalue weighted by atomic mass is 16.5. The molecule has 122 valence electrons. The van der Waals surface area contributed by atoms with Gasteiger partial charge in [-0.15, -0.1) is 0 Å².